The molecule has 2 aliphatic rings. The number of halogens is 1. The highest BCUT2D eigenvalue weighted by atomic mass is 35.5. The predicted octanol–water partition coefficient (Wildman–Crippen LogP) is 1.99. The Morgan fingerprint density at radius 1 is 1.24 bits per heavy atom. The molecule has 29 heavy (non-hydrogen) atoms. The fourth-order valence-corrected chi connectivity index (χ4v) is 3.85. The van der Waals surface area contributed by atoms with Gasteiger partial charge in [-0.2, -0.15) is 5.10 Å². The van der Waals surface area contributed by atoms with E-state index in [-0.39, 0.29) is 18.3 Å². The van der Waals surface area contributed by atoms with E-state index in [9.17, 15) is 4.79 Å². The average molecular weight is 420 g/mol. The number of carbonyl (C=O) groups is 1. The lowest BCUT2D eigenvalue weighted by molar-refractivity contribution is 0.0342. The van der Waals surface area contributed by atoms with E-state index in [2.05, 4.69) is 44.9 Å². The zero-order chi connectivity index (χ0) is 19.2. The van der Waals surface area contributed by atoms with Crippen molar-refractivity contribution in [3.8, 4) is 0 Å². The summed E-state index contributed by atoms with van der Waals surface area (Å²) in [5.74, 6) is -0.124. The van der Waals surface area contributed by atoms with Crippen molar-refractivity contribution in [3.63, 3.8) is 0 Å². The van der Waals surface area contributed by atoms with Crippen LogP contribution in [0.15, 0.2) is 36.5 Å². The Bertz CT molecular complexity index is 785. The smallest absolute Gasteiger partial charge is 0.272 e. The molecule has 2 saturated heterocycles. The number of ether oxygens (including phenoxy) is 1. The van der Waals surface area contributed by atoms with E-state index in [1.54, 1.807) is 6.07 Å². The van der Waals surface area contributed by atoms with Gasteiger partial charge in [0.15, 0.2) is 0 Å². The molecule has 1 aromatic carbocycles. The molecule has 158 valence electrons. The molecule has 2 aliphatic heterocycles. The van der Waals surface area contributed by atoms with Gasteiger partial charge in [-0.05, 0) is 36.6 Å². The summed E-state index contributed by atoms with van der Waals surface area (Å²) in [6.45, 7) is 6.96. The molecule has 7 nitrogen and oxygen atoms in total. The molecule has 2 fully saturated rings. The summed E-state index contributed by atoms with van der Waals surface area (Å²) in [5.41, 5.74) is 2.85. The van der Waals surface area contributed by atoms with Crippen LogP contribution >= 0.6 is 12.4 Å². The number of amides is 1. The first-order valence-corrected chi connectivity index (χ1v) is 10.2. The minimum absolute atomic E-state index is 0. The van der Waals surface area contributed by atoms with Crippen LogP contribution in [0.4, 0.5) is 0 Å². The quantitative estimate of drug-likeness (QED) is 0.749. The molecule has 0 saturated carbocycles. The van der Waals surface area contributed by atoms with E-state index in [1.807, 2.05) is 10.9 Å². The average Bonchev–Trinajstić information content (AvgIpc) is 3.24. The summed E-state index contributed by atoms with van der Waals surface area (Å²) in [6, 6.07) is 10.6. The van der Waals surface area contributed by atoms with E-state index < -0.39 is 0 Å². The minimum Gasteiger partial charge on any atom is -0.379 e. The van der Waals surface area contributed by atoms with Gasteiger partial charge in [-0.1, -0.05) is 24.3 Å². The van der Waals surface area contributed by atoms with Crippen molar-refractivity contribution < 1.29 is 9.53 Å². The molecule has 1 atom stereocenters. The molecule has 1 unspecified atom stereocenters. The summed E-state index contributed by atoms with van der Waals surface area (Å²) in [4.78, 5) is 14.9. The van der Waals surface area contributed by atoms with Gasteiger partial charge in [-0.3, -0.25) is 14.4 Å². The predicted molar refractivity (Wildman–Crippen MR) is 114 cm³/mol. The zero-order valence-electron chi connectivity index (χ0n) is 16.7. The molecule has 2 N–H and O–H groups in total. The molecule has 0 bridgehead atoms. The molecular weight excluding hydrogens is 390 g/mol. The number of aromatic nitrogens is 2. The first kappa shape index (κ1) is 21.8. The van der Waals surface area contributed by atoms with Gasteiger partial charge in [0.1, 0.15) is 5.69 Å². The van der Waals surface area contributed by atoms with E-state index in [0.29, 0.717) is 18.3 Å². The lowest BCUT2D eigenvalue weighted by Crippen LogP contribution is -2.35. The first-order chi connectivity index (χ1) is 13.8. The van der Waals surface area contributed by atoms with Crippen LogP contribution in [0.2, 0.25) is 0 Å². The highest BCUT2D eigenvalue weighted by molar-refractivity contribution is 5.92. The van der Waals surface area contributed by atoms with Crippen LogP contribution in [-0.4, -0.2) is 60.0 Å². The molecule has 8 heteroatoms. The van der Waals surface area contributed by atoms with Crippen molar-refractivity contribution in [2.24, 2.45) is 0 Å². The van der Waals surface area contributed by atoms with Crippen molar-refractivity contribution in [2.75, 3.05) is 39.4 Å². The van der Waals surface area contributed by atoms with Crippen molar-refractivity contribution in [1.82, 2.24) is 25.3 Å². The molecule has 0 radical (unpaired) electrons. The van der Waals surface area contributed by atoms with Crippen molar-refractivity contribution in [2.45, 2.75) is 32.0 Å². The molecule has 4 rings (SSSR count). The summed E-state index contributed by atoms with van der Waals surface area (Å²) in [6.07, 6.45) is 4.16. The Balaban J connectivity index is 0.00000240. The normalized spacial score (nSPS) is 20.1. The Morgan fingerprint density at radius 3 is 2.86 bits per heavy atom. The fraction of sp³-hybridized carbons (Fsp3) is 0.524. The number of piperidine rings is 1. The Morgan fingerprint density at radius 2 is 2.07 bits per heavy atom. The molecule has 3 heterocycles. The highest BCUT2D eigenvalue weighted by Crippen LogP contribution is 2.16. The Hall–Kier alpha value is -1.93. The van der Waals surface area contributed by atoms with Crippen LogP contribution in [0, 0.1) is 0 Å². The number of hydrogen-bond acceptors (Lipinski definition) is 5. The number of nitrogens with one attached hydrogen (secondary N) is 2. The van der Waals surface area contributed by atoms with Crippen molar-refractivity contribution in [1.29, 1.82) is 0 Å². The Labute approximate surface area is 178 Å². The highest BCUT2D eigenvalue weighted by Gasteiger charge is 2.17. The molecule has 2 aromatic rings. The standard InChI is InChI=1S/C21H29N5O2.ClH/c27-21(20-6-8-26(24-20)19-5-2-7-22-15-19)23-14-17-3-1-4-18(13-17)16-25-9-11-28-12-10-25;/h1,3-4,6,8,13,19,22H,2,5,7,9-12,14-16H2,(H,23,27);1H. The first-order valence-electron chi connectivity index (χ1n) is 10.2. The number of hydrogen-bond donors (Lipinski definition) is 2. The van der Waals surface area contributed by atoms with Gasteiger partial charge < -0.3 is 15.4 Å². The summed E-state index contributed by atoms with van der Waals surface area (Å²) in [7, 11) is 0. The van der Waals surface area contributed by atoms with Gasteiger partial charge in [0.05, 0.1) is 19.3 Å². The minimum atomic E-state index is -0.124. The maximum absolute atomic E-state index is 12.5. The summed E-state index contributed by atoms with van der Waals surface area (Å²) in [5, 5.41) is 10.9. The molecular formula is C21H30ClN5O2. The van der Waals surface area contributed by atoms with E-state index in [0.717, 1.165) is 64.3 Å². The van der Waals surface area contributed by atoms with Gasteiger partial charge >= 0.3 is 0 Å². The third-order valence-electron chi connectivity index (χ3n) is 5.44. The number of carbonyl (C=O) groups excluding carboxylic acids is 1. The monoisotopic (exact) mass is 419 g/mol. The third-order valence-corrected chi connectivity index (χ3v) is 5.44. The second-order valence-electron chi connectivity index (χ2n) is 7.57. The summed E-state index contributed by atoms with van der Waals surface area (Å²) >= 11 is 0. The van der Waals surface area contributed by atoms with Crippen LogP contribution in [0.1, 0.15) is 40.5 Å². The fourth-order valence-electron chi connectivity index (χ4n) is 3.85. The van der Waals surface area contributed by atoms with Crippen LogP contribution in [0.25, 0.3) is 0 Å². The van der Waals surface area contributed by atoms with E-state index in [1.165, 1.54) is 5.56 Å². The number of morpholine rings is 1. The lowest BCUT2D eigenvalue weighted by Gasteiger charge is -2.26. The summed E-state index contributed by atoms with van der Waals surface area (Å²) < 4.78 is 7.33. The van der Waals surface area contributed by atoms with Crippen LogP contribution in [0.3, 0.4) is 0 Å². The number of nitrogens with zero attached hydrogens (tertiary/aromatic N) is 3. The van der Waals surface area contributed by atoms with Crippen molar-refractivity contribution in [3.05, 3.63) is 53.3 Å². The molecule has 1 amide bonds. The molecule has 0 aliphatic carbocycles. The van der Waals surface area contributed by atoms with Crippen LogP contribution < -0.4 is 10.6 Å². The van der Waals surface area contributed by atoms with E-state index in [4.69, 9.17) is 4.74 Å². The topological polar surface area (TPSA) is 71.4 Å². The zero-order valence-corrected chi connectivity index (χ0v) is 17.5. The van der Waals surface area contributed by atoms with Gasteiger partial charge in [0.2, 0.25) is 0 Å². The second-order valence-corrected chi connectivity index (χ2v) is 7.57. The lowest BCUT2D eigenvalue weighted by atomic mass is 10.1. The van der Waals surface area contributed by atoms with Gasteiger partial charge in [0.25, 0.3) is 5.91 Å². The largest absolute Gasteiger partial charge is 0.379 e. The SMILES string of the molecule is Cl.O=C(NCc1cccc(CN2CCOCC2)c1)c1ccn(C2CCCNC2)n1. The number of rotatable bonds is 6. The van der Waals surface area contributed by atoms with Gasteiger partial charge in [-0.25, -0.2) is 0 Å². The maximum Gasteiger partial charge on any atom is 0.272 e. The third kappa shape index (κ3) is 6.02. The molecule has 1 aromatic heterocycles. The Kier molecular flexibility index (Phi) is 8.06. The van der Waals surface area contributed by atoms with E-state index >= 15 is 0 Å². The van der Waals surface area contributed by atoms with Crippen molar-refractivity contribution >= 4 is 18.3 Å². The van der Waals surface area contributed by atoms with Gasteiger partial charge in [0, 0.05) is 38.9 Å². The maximum atomic E-state index is 12.5. The number of benzene rings is 1. The van der Waals surface area contributed by atoms with Gasteiger partial charge in [-0.15, -0.1) is 12.4 Å². The van der Waals surface area contributed by atoms with Crippen LogP contribution in [-0.2, 0) is 17.8 Å². The second kappa shape index (κ2) is 10.7. The van der Waals surface area contributed by atoms with Crippen LogP contribution in [0.5, 0.6) is 0 Å². The molecule has 0 spiro atoms.